The van der Waals surface area contributed by atoms with Crippen molar-refractivity contribution < 1.29 is 4.74 Å². The summed E-state index contributed by atoms with van der Waals surface area (Å²) in [5.41, 5.74) is 8.10. The number of methoxy groups -OCH3 is 1. The molecule has 98 valence electrons. The van der Waals surface area contributed by atoms with Crippen molar-refractivity contribution in [2.24, 2.45) is 5.73 Å². The third-order valence-corrected chi connectivity index (χ3v) is 2.86. The molecule has 0 saturated heterocycles. The van der Waals surface area contributed by atoms with Gasteiger partial charge in [0.05, 0.1) is 7.11 Å². The van der Waals surface area contributed by atoms with Gasteiger partial charge in [-0.3, -0.25) is 5.41 Å². The van der Waals surface area contributed by atoms with E-state index in [0.717, 1.165) is 11.4 Å². The van der Waals surface area contributed by atoms with Crippen LogP contribution in [0.25, 0.3) is 0 Å². The first-order valence-electron chi connectivity index (χ1n) is 5.80. The average Bonchev–Trinajstić information content (AvgIpc) is 2.46. The Hall–Kier alpha value is -2.56. The summed E-state index contributed by atoms with van der Waals surface area (Å²) >= 11 is 0. The van der Waals surface area contributed by atoms with Gasteiger partial charge in [0.1, 0.15) is 5.84 Å². The molecule has 0 atom stereocenters. The Morgan fingerprint density at radius 1 is 1.26 bits per heavy atom. The first-order valence-corrected chi connectivity index (χ1v) is 5.80. The van der Waals surface area contributed by atoms with E-state index in [1.807, 2.05) is 48.3 Å². The summed E-state index contributed by atoms with van der Waals surface area (Å²) in [6, 6.07) is 11.3. The van der Waals surface area contributed by atoms with E-state index in [2.05, 4.69) is 4.98 Å². The van der Waals surface area contributed by atoms with Crippen LogP contribution < -0.4 is 15.4 Å². The molecule has 3 N–H and O–H groups in total. The van der Waals surface area contributed by atoms with Crippen LogP contribution in [-0.4, -0.2) is 25.0 Å². The molecule has 0 bridgehead atoms. The van der Waals surface area contributed by atoms with Crippen molar-refractivity contribution in [1.29, 1.82) is 5.41 Å². The van der Waals surface area contributed by atoms with Gasteiger partial charge in [0.25, 0.3) is 0 Å². The Kier molecular flexibility index (Phi) is 3.66. The summed E-state index contributed by atoms with van der Waals surface area (Å²) in [6.45, 7) is 0. The largest absolute Gasteiger partial charge is 0.481 e. The maximum Gasteiger partial charge on any atom is 0.214 e. The molecule has 5 nitrogen and oxygen atoms in total. The lowest BCUT2D eigenvalue weighted by Crippen LogP contribution is -2.14. The Balaban J connectivity index is 2.35. The second-order valence-electron chi connectivity index (χ2n) is 4.08. The van der Waals surface area contributed by atoms with Crippen LogP contribution in [0.4, 0.5) is 11.4 Å². The number of anilines is 2. The number of rotatable bonds is 4. The smallest absolute Gasteiger partial charge is 0.214 e. The number of aromatic nitrogens is 1. The minimum Gasteiger partial charge on any atom is -0.481 e. The number of nitrogens with zero attached hydrogens (tertiary/aromatic N) is 2. The fourth-order valence-corrected chi connectivity index (χ4v) is 1.75. The average molecular weight is 256 g/mol. The zero-order valence-electron chi connectivity index (χ0n) is 10.9. The fourth-order valence-electron chi connectivity index (χ4n) is 1.75. The monoisotopic (exact) mass is 256 g/mol. The van der Waals surface area contributed by atoms with E-state index in [9.17, 15) is 0 Å². The predicted molar refractivity (Wildman–Crippen MR) is 76.3 cm³/mol. The maximum absolute atomic E-state index is 7.47. The van der Waals surface area contributed by atoms with Crippen LogP contribution in [0, 0.1) is 5.41 Å². The number of nitrogens with two attached hydrogens (primary N) is 1. The van der Waals surface area contributed by atoms with Gasteiger partial charge in [-0.1, -0.05) is 12.1 Å². The van der Waals surface area contributed by atoms with Crippen LogP contribution in [0.15, 0.2) is 42.6 Å². The summed E-state index contributed by atoms with van der Waals surface area (Å²) in [5, 5.41) is 7.47. The first-order chi connectivity index (χ1) is 9.11. The number of hydrogen-bond donors (Lipinski definition) is 2. The van der Waals surface area contributed by atoms with E-state index in [-0.39, 0.29) is 5.84 Å². The molecule has 0 saturated carbocycles. The molecule has 19 heavy (non-hydrogen) atoms. The molecule has 0 spiro atoms. The topological polar surface area (TPSA) is 75.2 Å². The van der Waals surface area contributed by atoms with Crippen LogP contribution in [0.1, 0.15) is 5.56 Å². The molecule has 2 rings (SSSR count). The van der Waals surface area contributed by atoms with Gasteiger partial charge in [-0.25, -0.2) is 4.98 Å². The Morgan fingerprint density at radius 3 is 2.68 bits per heavy atom. The number of nitrogens with one attached hydrogen (secondary N) is 1. The van der Waals surface area contributed by atoms with Crippen molar-refractivity contribution in [2.75, 3.05) is 19.1 Å². The molecule has 2 aromatic rings. The van der Waals surface area contributed by atoms with E-state index >= 15 is 0 Å². The normalized spacial score (nSPS) is 10.0. The van der Waals surface area contributed by atoms with Crippen LogP contribution in [0.2, 0.25) is 0 Å². The van der Waals surface area contributed by atoms with Crippen LogP contribution in [0.5, 0.6) is 5.88 Å². The van der Waals surface area contributed by atoms with Crippen molar-refractivity contribution in [3.63, 3.8) is 0 Å². The highest BCUT2D eigenvalue weighted by Crippen LogP contribution is 2.25. The van der Waals surface area contributed by atoms with Crippen molar-refractivity contribution >= 4 is 17.2 Å². The van der Waals surface area contributed by atoms with Crippen LogP contribution in [0.3, 0.4) is 0 Å². The molecule has 0 unspecified atom stereocenters. The molecule has 0 aliphatic rings. The lowest BCUT2D eigenvalue weighted by Gasteiger charge is -2.20. The minimum atomic E-state index is 0.0579. The second-order valence-corrected chi connectivity index (χ2v) is 4.08. The standard InChI is InChI=1S/C14H16N4O/c1-18(12-6-7-17-13(9-12)19-2)11-5-3-4-10(8-11)14(15)16/h3-9H,1-2H3,(H3,15,16). The molecular weight excluding hydrogens is 240 g/mol. The number of benzene rings is 1. The van der Waals surface area contributed by atoms with E-state index in [1.54, 1.807) is 13.3 Å². The molecule has 0 fully saturated rings. The fraction of sp³-hybridized carbons (Fsp3) is 0.143. The van der Waals surface area contributed by atoms with Crippen LogP contribution >= 0.6 is 0 Å². The van der Waals surface area contributed by atoms with E-state index in [0.29, 0.717) is 11.4 Å². The van der Waals surface area contributed by atoms with Gasteiger partial charge in [0.15, 0.2) is 0 Å². The highest BCUT2D eigenvalue weighted by molar-refractivity contribution is 5.96. The molecule has 1 aromatic carbocycles. The van der Waals surface area contributed by atoms with Gasteiger partial charge in [0.2, 0.25) is 5.88 Å². The molecule has 1 aromatic heterocycles. The number of pyridine rings is 1. The second kappa shape index (κ2) is 5.39. The van der Waals surface area contributed by atoms with Gasteiger partial charge in [0, 0.05) is 36.2 Å². The zero-order valence-corrected chi connectivity index (χ0v) is 10.9. The highest BCUT2D eigenvalue weighted by Gasteiger charge is 2.07. The van der Waals surface area contributed by atoms with Gasteiger partial charge < -0.3 is 15.4 Å². The van der Waals surface area contributed by atoms with E-state index < -0.39 is 0 Å². The maximum atomic E-state index is 7.47. The van der Waals surface area contributed by atoms with Gasteiger partial charge >= 0.3 is 0 Å². The molecule has 0 radical (unpaired) electrons. The predicted octanol–water partition coefficient (Wildman–Crippen LogP) is 2.14. The molecular formula is C14H16N4O. The van der Waals surface area contributed by atoms with E-state index in [1.165, 1.54) is 0 Å². The zero-order chi connectivity index (χ0) is 13.8. The molecule has 0 amide bonds. The summed E-state index contributed by atoms with van der Waals surface area (Å²) in [7, 11) is 3.52. The molecule has 1 heterocycles. The quantitative estimate of drug-likeness (QED) is 0.649. The molecule has 0 aliphatic heterocycles. The Morgan fingerprint density at radius 2 is 2.00 bits per heavy atom. The summed E-state index contributed by atoms with van der Waals surface area (Å²) in [6.07, 6.45) is 1.69. The first kappa shape index (κ1) is 12.9. The number of amidine groups is 1. The van der Waals surface area contributed by atoms with Crippen molar-refractivity contribution in [3.05, 3.63) is 48.2 Å². The summed E-state index contributed by atoms with van der Waals surface area (Å²) in [5.74, 6) is 0.620. The number of hydrogen-bond acceptors (Lipinski definition) is 4. The SMILES string of the molecule is COc1cc(N(C)c2cccc(C(=N)N)c2)ccn1. The van der Waals surface area contributed by atoms with Crippen molar-refractivity contribution in [2.45, 2.75) is 0 Å². The Labute approximate surface area is 112 Å². The summed E-state index contributed by atoms with van der Waals surface area (Å²) in [4.78, 5) is 6.06. The number of nitrogen functional groups attached to an aromatic ring is 1. The number of ether oxygens (including phenoxy) is 1. The van der Waals surface area contributed by atoms with Gasteiger partial charge in [-0.2, -0.15) is 0 Å². The molecule has 5 heteroatoms. The van der Waals surface area contributed by atoms with Crippen molar-refractivity contribution in [1.82, 2.24) is 4.98 Å². The van der Waals surface area contributed by atoms with Crippen molar-refractivity contribution in [3.8, 4) is 5.88 Å². The van der Waals surface area contributed by atoms with E-state index in [4.69, 9.17) is 15.9 Å². The third kappa shape index (κ3) is 2.82. The Bertz CT molecular complexity index is 598. The minimum absolute atomic E-state index is 0.0579. The summed E-state index contributed by atoms with van der Waals surface area (Å²) < 4.78 is 5.11. The lowest BCUT2D eigenvalue weighted by molar-refractivity contribution is 0.398. The van der Waals surface area contributed by atoms with Gasteiger partial charge in [-0.15, -0.1) is 0 Å². The van der Waals surface area contributed by atoms with Gasteiger partial charge in [-0.05, 0) is 18.2 Å². The lowest BCUT2D eigenvalue weighted by atomic mass is 10.1. The third-order valence-electron chi connectivity index (χ3n) is 2.86. The molecule has 0 aliphatic carbocycles. The highest BCUT2D eigenvalue weighted by atomic mass is 16.5. The van der Waals surface area contributed by atoms with Crippen LogP contribution in [-0.2, 0) is 0 Å².